The molecule has 2 aromatic heterocycles. The molecule has 6 heteroatoms. The molecule has 166 valence electrons. The molecule has 0 saturated heterocycles. The number of nitrogens with zero attached hydrogens (tertiary/aromatic N) is 3. The molecule has 0 spiro atoms. The summed E-state index contributed by atoms with van der Waals surface area (Å²) in [7, 11) is 1.78. The van der Waals surface area contributed by atoms with Gasteiger partial charge < -0.3 is 14.4 Å². The summed E-state index contributed by atoms with van der Waals surface area (Å²) in [6, 6.07) is 21.5. The molecule has 0 aliphatic carbocycles. The third-order valence-corrected chi connectivity index (χ3v) is 7.18. The van der Waals surface area contributed by atoms with E-state index in [0.29, 0.717) is 18.5 Å². The summed E-state index contributed by atoms with van der Waals surface area (Å²) < 4.78 is 2.19. The van der Waals surface area contributed by atoms with Crippen LogP contribution in [0.4, 0.5) is 11.4 Å². The topological polar surface area (TPSA) is 45.6 Å². The molecule has 4 aromatic rings. The van der Waals surface area contributed by atoms with Crippen molar-refractivity contribution < 1.29 is 9.59 Å². The van der Waals surface area contributed by atoms with Crippen LogP contribution in [-0.2, 0) is 24.3 Å². The van der Waals surface area contributed by atoms with E-state index in [9.17, 15) is 9.59 Å². The molecule has 0 saturated carbocycles. The van der Waals surface area contributed by atoms with Gasteiger partial charge in [0.25, 0.3) is 5.91 Å². The van der Waals surface area contributed by atoms with Crippen molar-refractivity contribution in [2.75, 3.05) is 16.8 Å². The van der Waals surface area contributed by atoms with Crippen LogP contribution < -0.4 is 9.80 Å². The predicted molar refractivity (Wildman–Crippen MR) is 133 cm³/mol. The highest BCUT2D eigenvalue weighted by atomic mass is 32.1. The summed E-state index contributed by atoms with van der Waals surface area (Å²) in [5.41, 5.74) is 5.59. The zero-order valence-corrected chi connectivity index (χ0v) is 19.5. The lowest BCUT2D eigenvalue weighted by Crippen LogP contribution is -2.31. The SMILES string of the molecule is Cc1sccc1CC(=O)N(C)c1ccc(C(=O)N2Cc3cccn3Cc3ccccc32)cc1. The fourth-order valence-corrected chi connectivity index (χ4v) is 5.00. The van der Waals surface area contributed by atoms with Crippen LogP contribution in [0.2, 0.25) is 0 Å². The second-order valence-electron chi connectivity index (χ2n) is 8.33. The molecule has 0 unspecified atom stereocenters. The highest BCUT2D eigenvalue weighted by molar-refractivity contribution is 7.10. The van der Waals surface area contributed by atoms with Crippen molar-refractivity contribution in [3.8, 4) is 0 Å². The fraction of sp³-hybridized carbons (Fsp3) is 0.185. The summed E-state index contributed by atoms with van der Waals surface area (Å²) in [4.78, 5) is 31.0. The molecule has 5 nitrogen and oxygen atoms in total. The van der Waals surface area contributed by atoms with Crippen LogP contribution in [0.5, 0.6) is 0 Å². The number of carbonyl (C=O) groups is 2. The van der Waals surface area contributed by atoms with Gasteiger partial charge in [0.1, 0.15) is 0 Å². The molecule has 5 rings (SSSR count). The summed E-state index contributed by atoms with van der Waals surface area (Å²) in [5, 5.41) is 2.01. The number of likely N-dealkylation sites (N-methyl/N-ethyl adjacent to an activating group) is 1. The van der Waals surface area contributed by atoms with Gasteiger partial charge in [-0.2, -0.15) is 0 Å². The number of aryl methyl sites for hydroxylation is 1. The predicted octanol–water partition coefficient (Wildman–Crippen LogP) is 5.27. The Balaban J connectivity index is 1.37. The zero-order chi connectivity index (χ0) is 22.9. The number of aromatic nitrogens is 1. The van der Waals surface area contributed by atoms with Gasteiger partial charge in [0.2, 0.25) is 5.91 Å². The lowest BCUT2D eigenvalue weighted by Gasteiger charge is -2.23. The van der Waals surface area contributed by atoms with Crippen LogP contribution in [-0.4, -0.2) is 23.4 Å². The molecular weight excluding hydrogens is 430 g/mol. The Morgan fingerprint density at radius 3 is 2.52 bits per heavy atom. The number of hydrogen-bond donors (Lipinski definition) is 0. The minimum absolute atomic E-state index is 0.0257. The zero-order valence-electron chi connectivity index (χ0n) is 18.7. The molecule has 3 heterocycles. The normalized spacial score (nSPS) is 12.6. The molecule has 0 atom stereocenters. The number of rotatable bonds is 4. The lowest BCUT2D eigenvalue weighted by atomic mass is 10.1. The Kier molecular flexibility index (Phi) is 5.60. The van der Waals surface area contributed by atoms with E-state index in [-0.39, 0.29) is 11.8 Å². The Morgan fingerprint density at radius 1 is 0.970 bits per heavy atom. The van der Waals surface area contributed by atoms with Gasteiger partial charge in [0.15, 0.2) is 0 Å². The summed E-state index contributed by atoms with van der Waals surface area (Å²) in [6.07, 6.45) is 2.43. The fourth-order valence-electron chi connectivity index (χ4n) is 4.27. The van der Waals surface area contributed by atoms with Crippen LogP contribution in [0, 0.1) is 6.92 Å². The molecule has 0 bridgehead atoms. The van der Waals surface area contributed by atoms with Crippen molar-refractivity contribution in [1.29, 1.82) is 0 Å². The van der Waals surface area contributed by atoms with Crippen LogP contribution in [0.25, 0.3) is 0 Å². The van der Waals surface area contributed by atoms with E-state index in [1.165, 1.54) is 4.88 Å². The first-order chi connectivity index (χ1) is 16.0. The maximum atomic E-state index is 13.5. The summed E-state index contributed by atoms with van der Waals surface area (Å²) in [5.74, 6) is -0.0238. The Morgan fingerprint density at radius 2 is 1.76 bits per heavy atom. The van der Waals surface area contributed by atoms with Crippen molar-refractivity contribution in [1.82, 2.24) is 4.57 Å². The van der Waals surface area contributed by atoms with Gasteiger partial charge in [-0.25, -0.2) is 0 Å². The van der Waals surface area contributed by atoms with Gasteiger partial charge in [0.05, 0.1) is 13.0 Å². The van der Waals surface area contributed by atoms with Gasteiger partial charge >= 0.3 is 0 Å². The maximum absolute atomic E-state index is 13.5. The summed E-state index contributed by atoms with van der Waals surface area (Å²) in [6.45, 7) is 3.30. The number of para-hydroxylation sites is 1. The largest absolute Gasteiger partial charge is 0.345 e. The van der Waals surface area contributed by atoms with E-state index < -0.39 is 0 Å². The molecule has 1 aliphatic rings. The molecule has 2 aromatic carbocycles. The van der Waals surface area contributed by atoms with Crippen molar-refractivity contribution in [2.45, 2.75) is 26.4 Å². The molecule has 1 aliphatic heterocycles. The van der Waals surface area contributed by atoms with Crippen LogP contribution in [0.15, 0.2) is 78.3 Å². The Labute approximate surface area is 197 Å². The first-order valence-electron chi connectivity index (χ1n) is 10.9. The standard InChI is InChI=1S/C27H25N3O2S/c1-19-21(13-15-33-19)16-26(31)28(2)23-11-9-20(10-12-23)27(32)30-18-24-7-5-14-29(24)17-22-6-3-4-8-25(22)30/h3-15H,16-18H2,1-2H3. The summed E-state index contributed by atoms with van der Waals surface area (Å²) >= 11 is 1.65. The quantitative estimate of drug-likeness (QED) is 0.421. The van der Waals surface area contributed by atoms with E-state index in [4.69, 9.17) is 0 Å². The van der Waals surface area contributed by atoms with E-state index in [0.717, 1.165) is 34.7 Å². The van der Waals surface area contributed by atoms with Crippen molar-refractivity contribution in [3.05, 3.63) is 106 Å². The van der Waals surface area contributed by atoms with E-state index >= 15 is 0 Å². The van der Waals surface area contributed by atoms with Gasteiger partial charge in [-0.1, -0.05) is 18.2 Å². The Hall–Kier alpha value is -3.64. The smallest absolute Gasteiger partial charge is 0.258 e. The monoisotopic (exact) mass is 455 g/mol. The molecular formula is C27H25N3O2S. The molecule has 2 amide bonds. The van der Waals surface area contributed by atoms with Gasteiger partial charge in [-0.15, -0.1) is 11.3 Å². The maximum Gasteiger partial charge on any atom is 0.258 e. The highest BCUT2D eigenvalue weighted by Crippen LogP contribution is 2.29. The highest BCUT2D eigenvalue weighted by Gasteiger charge is 2.25. The van der Waals surface area contributed by atoms with Crippen molar-refractivity contribution in [2.24, 2.45) is 0 Å². The van der Waals surface area contributed by atoms with Crippen LogP contribution in [0.1, 0.15) is 32.1 Å². The van der Waals surface area contributed by atoms with Crippen molar-refractivity contribution in [3.63, 3.8) is 0 Å². The number of hydrogen-bond acceptors (Lipinski definition) is 3. The van der Waals surface area contributed by atoms with E-state index in [2.05, 4.69) is 22.9 Å². The third kappa shape index (κ3) is 4.10. The van der Waals surface area contributed by atoms with E-state index in [1.54, 1.807) is 23.3 Å². The number of carbonyl (C=O) groups excluding carboxylic acids is 2. The minimum atomic E-state index is -0.0495. The Bertz CT molecular complexity index is 1320. The average molecular weight is 456 g/mol. The molecule has 0 N–H and O–H groups in total. The van der Waals surface area contributed by atoms with E-state index in [1.807, 2.05) is 71.8 Å². The third-order valence-electron chi connectivity index (χ3n) is 6.30. The second-order valence-corrected chi connectivity index (χ2v) is 9.45. The van der Waals surface area contributed by atoms with Crippen molar-refractivity contribution >= 4 is 34.5 Å². The average Bonchev–Trinajstić information content (AvgIpc) is 3.41. The minimum Gasteiger partial charge on any atom is -0.345 e. The number of anilines is 2. The van der Waals surface area contributed by atoms with Gasteiger partial charge in [0, 0.05) is 47.3 Å². The number of fused-ring (bicyclic) bond motifs is 2. The number of amides is 2. The molecule has 0 radical (unpaired) electrons. The van der Waals surface area contributed by atoms with Crippen LogP contribution in [0.3, 0.4) is 0 Å². The van der Waals surface area contributed by atoms with Gasteiger partial charge in [-0.3, -0.25) is 9.59 Å². The molecule has 33 heavy (non-hydrogen) atoms. The van der Waals surface area contributed by atoms with Gasteiger partial charge in [-0.05, 0) is 72.0 Å². The first kappa shape index (κ1) is 21.2. The first-order valence-corrected chi connectivity index (χ1v) is 11.8. The number of thiophene rings is 1. The van der Waals surface area contributed by atoms with Crippen LogP contribution >= 0.6 is 11.3 Å². The lowest BCUT2D eigenvalue weighted by molar-refractivity contribution is -0.117. The second kappa shape index (κ2) is 8.71. The molecule has 0 fully saturated rings. The number of benzene rings is 2.